The second-order valence-corrected chi connectivity index (χ2v) is 4.77. The van der Waals surface area contributed by atoms with Crippen molar-refractivity contribution >= 4 is 11.4 Å². The lowest BCUT2D eigenvalue weighted by atomic mass is 10.1. The second-order valence-electron chi connectivity index (χ2n) is 4.77. The standard InChI is InChI=1S/C13H19N3O3/c1-14-8-10-5-6-15(9-10)11-3-4-12(16(17)18)13(7-11)19-2/h3-4,7,10,14H,5-6,8-9H2,1-2H3. The third-order valence-corrected chi connectivity index (χ3v) is 3.50. The Hall–Kier alpha value is -1.82. The fourth-order valence-corrected chi connectivity index (χ4v) is 2.54. The van der Waals surface area contributed by atoms with Crippen molar-refractivity contribution in [2.45, 2.75) is 6.42 Å². The van der Waals surface area contributed by atoms with Gasteiger partial charge in [0, 0.05) is 30.9 Å². The number of methoxy groups -OCH3 is 1. The van der Waals surface area contributed by atoms with Gasteiger partial charge in [0.25, 0.3) is 0 Å². The van der Waals surface area contributed by atoms with Crippen LogP contribution < -0.4 is 15.0 Å². The monoisotopic (exact) mass is 265 g/mol. The fourth-order valence-electron chi connectivity index (χ4n) is 2.54. The number of nitro groups is 1. The van der Waals surface area contributed by atoms with Gasteiger partial charge < -0.3 is 15.0 Å². The molecule has 0 aliphatic carbocycles. The molecule has 0 radical (unpaired) electrons. The summed E-state index contributed by atoms with van der Waals surface area (Å²) in [6, 6.07) is 5.06. The van der Waals surface area contributed by atoms with E-state index in [1.807, 2.05) is 7.05 Å². The first-order valence-electron chi connectivity index (χ1n) is 6.37. The number of hydrogen-bond acceptors (Lipinski definition) is 5. The van der Waals surface area contributed by atoms with Crippen molar-refractivity contribution in [2.24, 2.45) is 5.92 Å². The molecule has 6 heteroatoms. The van der Waals surface area contributed by atoms with Crippen LogP contribution in [0.5, 0.6) is 5.75 Å². The van der Waals surface area contributed by atoms with E-state index >= 15 is 0 Å². The van der Waals surface area contributed by atoms with Gasteiger partial charge >= 0.3 is 5.69 Å². The number of anilines is 1. The molecule has 0 bridgehead atoms. The lowest BCUT2D eigenvalue weighted by Gasteiger charge is -2.19. The predicted molar refractivity (Wildman–Crippen MR) is 73.9 cm³/mol. The Labute approximate surface area is 112 Å². The topological polar surface area (TPSA) is 67.6 Å². The van der Waals surface area contributed by atoms with E-state index < -0.39 is 4.92 Å². The number of benzene rings is 1. The smallest absolute Gasteiger partial charge is 0.311 e. The molecule has 0 spiro atoms. The summed E-state index contributed by atoms with van der Waals surface area (Å²) < 4.78 is 5.10. The van der Waals surface area contributed by atoms with E-state index in [0.717, 1.165) is 31.7 Å². The van der Waals surface area contributed by atoms with Crippen LogP contribution in [-0.2, 0) is 0 Å². The molecule has 1 aromatic carbocycles. The quantitative estimate of drug-likeness (QED) is 0.647. The average molecular weight is 265 g/mol. The Morgan fingerprint density at radius 1 is 1.58 bits per heavy atom. The first kappa shape index (κ1) is 13.6. The Bertz CT molecular complexity index is 464. The first-order chi connectivity index (χ1) is 9.15. The van der Waals surface area contributed by atoms with E-state index in [9.17, 15) is 10.1 Å². The van der Waals surface area contributed by atoms with Crippen molar-refractivity contribution < 1.29 is 9.66 Å². The number of hydrogen-bond donors (Lipinski definition) is 1. The maximum atomic E-state index is 10.9. The van der Waals surface area contributed by atoms with Gasteiger partial charge in [0.1, 0.15) is 0 Å². The second kappa shape index (κ2) is 5.88. The van der Waals surface area contributed by atoms with E-state index in [2.05, 4.69) is 10.2 Å². The van der Waals surface area contributed by atoms with E-state index in [1.54, 1.807) is 12.1 Å². The molecule has 1 aliphatic rings. The van der Waals surface area contributed by atoms with Crippen LogP contribution in [0.15, 0.2) is 18.2 Å². The summed E-state index contributed by atoms with van der Waals surface area (Å²) in [5.41, 5.74) is 0.998. The molecule has 1 atom stereocenters. The largest absolute Gasteiger partial charge is 0.490 e. The Morgan fingerprint density at radius 3 is 3.00 bits per heavy atom. The van der Waals surface area contributed by atoms with Crippen molar-refractivity contribution in [3.8, 4) is 5.75 Å². The third-order valence-electron chi connectivity index (χ3n) is 3.50. The van der Waals surface area contributed by atoms with Crippen LogP contribution >= 0.6 is 0 Å². The molecular weight excluding hydrogens is 246 g/mol. The van der Waals surface area contributed by atoms with Crippen molar-refractivity contribution in [1.29, 1.82) is 0 Å². The summed E-state index contributed by atoms with van der Waals surface area (Å²) in [4.78, 5) is 12.7. The van der Waals surface area contributed by atoms with Gasteiger partial charge in [-0.15, -0.1) is 0 Å². The summed E-state index contributed by atoms with van der Waals surface area (Å²) in [5, 5.41) is 14.0. The Kier molecular flexibility index (Phi) is 4.21. The molecule has 6 nitrogen and oxygen atoms in total. The van der Waals surface area contributed by atoms with E-state index in [1.165, 1.54) is 13.2 Å². The molecule has 1 saturated heterocycles. The number of nitrogens with one attached hydrogen (secondary N) is 1. The maximum absolute atomic E-state index is 10.9. The minimum atomic E-state index is -0.420. The van der Waals surface area contributed by atoms with Gasteiger partial charge in [0.2, 0.25) is 0 Å². The van der Waals surface area contributed by atoms with Crippen molar-refractivity contribution in [3.63, 3.8) is 0 Å². The third kappa shape index (κ3) is 2.96. The molecule has 0 saturated carbocycles. The molecule has 1 unspecified atom stereocenters. The van der Waals surface area contributed by atoms with Crippen LogP contribution in [0.2, 0.25) is 0 Å². The van der Waals surface area contributed by atoms with Crippen LogP contribution in [-0.4, -0.2) is 38.7 Å². The molecule has 104 valence electrons. The highest BCUT2D eigenvalue weighted by Gasteiger charge is 2.24. The Morgan fingerprint density at radius 2 is 2.37 bits per heavy atom. The van der Waals surface area contributed by atoms with Crippen molar-refractivity contribution in [1.82, 2.24) is 5.32 Å². The lowest BCUT2D eigenvalue weighted by Crippen LogP contribution is -2.24. The lowest BCUT2D eigenvalue weighted by molar-refractivity contribution is -0.385. The molecular formula is C13H19N3O3. The van der Waals surface area contributed by atoms with Gasteiger partial charge in [0.05, 0.1) is 12.0 Å². The summed E-state index contributed by atoms with van der Waals surface area (Å²) in [5.74, 6) is 0.950. The van der Waals surface area contributed by atoms with Crippen molar-refractivity contribution in [2.75, 3.05) is 38.7 Å². The molecule has 1 aliphatic heterocycles. The molecule has 0 amide bonds. The molecule has 1 aromatic rings. The van der Waals surface area contributed by atoms with Gasteiger partial charge in [-0.25, -0.2) is 0 Å². The molecule has 19 heavy (non-hydrogen) atoms. The number of nitro benzene ring substituents is 1. The zero-order valence-electron chi connectivity index (χ0n) is 11.3. The highest BCUT2D eigenvalue weighted by Crippen LogP contribution is 2.33. The molecule has 2 rings (SSSR count). The first-order valence-corrected chi connectivity index (χ1v) is 6.37. The van der Waals surface area contributed by atoms with Crippen LogP contribution in [0.1, 0.15) is 6.42 Å². The van der Waals surface area contributed by atoms with Crippen LogP contribution in [0, 0.1) is 16.0 Å². The molecule has 1 N–H and O–H groups in total. The van der Waals surface area contributed by atoms with E-state index in [-0.39, 0.29) is 5.69 Å². The van der Waals surface area contributed by atoms with Gasteiger partial charge in [0.15, 0.2) is 5.75 Å². The highest BCUT2D eigenvalue weighted by molar-refractivity contribution is 5.59. The zero-order valence-corrected chi connectivity index (χ0v) is 11.3. The highest BCUT2D eigenvalue weighted by atomic mass is 16.6. The zero-order chi connectivity index (χ0) is 13.8. The van der Waals surface area contributed by atoms with Gasteiger partial charge in [-0.05, 0) is 32.0 Å². The van der Waals surface area contributed by atoms with Crippen LogP contribution in [0.3, 0.4) is 0 Å². The minimum absolute atomic E-state index is 0.0113. The van der Waals surface area contributed by atoms with E-state index in [4.69, 9.17) is 4.74 Å². The summed E-state index contributed by atoms with van der Waals surface area (Å²) in [7, 11) is 3.41. The Balaban J connectivity index is 2.16. The SMILES string of the molecule is CNCC1CCN(c2ccc([N+](=O)[O-])c(OC)c2)C1. The normalized spacial score (nSPS) is 18.6. The van der Waals surface area contributed by atoms with Crippen LogP contribution in [0.4, 0.5) is 11.4 Å². The van der Waals surface area contributed by atoms with Gasteiger partial charge in [-0.2, -0.15) is 0 Å². The number of ether oxygens (including phenoxy) is 1. The summed E-state index contributed by atoms with van der Waals surface area (Å²) in [6.45, 7) is 2.95. The van der Waals surface area contributed by atoms with Gasteiger partial charge in [-0.1, -0.05) is 0 Å². The van der Waals surface area contributed by atoms with Crippen molar-refractivity contribution in [3.05, 3.63) is 28.3 Å². The molecule has 0 aromatic heterocycles. The summed E-state index contributed by atoms with van der Waals surface area (Å²) in [6.07, 6.45) is 1.14. The molecule has 1 fully saturated rings. The van der Waals surface area contributed by atoms with Gasteiger partial charge in [-0.3, -0.25) is 10.1 Å². The van der Waals surface area contributed by atoms with Crippen LogP contribution in [0.25, 0.3) is 0 Å². The van der Waals surface area contributed by atoms with E-state index in [0.29, 0.717) is 11.7 Å². The predicted octanol–water partition coefficient (Wildman–Crippen LogP) is 1.65. The summed E-state index contributed by atoms with van der Waals surface area (Å²) >= 11 is 0. The number of rotatable bonds is 5. The average Bonchev–Trinajstić information content (AvgIpc) is 2.87. The maximum Gasteiger partial charge on any atom is 0.311 e. The molecule has 1 heterocycles. The fraction of sp³-hybridized carbons (Fsp3) is 0.538. The minimum Gasteiger partial charge on any atom is -0.490 e. The number of nitrogens with zero attached hydrogens (tertiary/aromatic N) is 2.